The second kappa shape index (κ2) is 10.7. The molecule has 0 radical (unpaired) electrons. The van der Waals surface area contributed by atoms with Gasteiger partial charge in [-0.05, 0) is 30.0 Å². The van der Waals surface area contributed by atoms with E-state index in [0.717, 1.165) is 18.8 Å². The van der Waals surface area contributed by atoms with Crippen molar-refractivity contribution in [2.45, 2.75) is 58.3 Å². The standard InChI is InChI=1S/C19H29NO4/c1-14(2)7-5-3-4-6-12-24-16-10-8-15(9-11-16)17(19(22)23)13-18(20)21/h8-11,14,17H,3-7,12-13H2,1-2H3,(H2,20,21)(H,22,23). The van der Waals surface area contributed by atoms with E-state index in [1.165, 1.54) is 19.3 Å². The Morgan fingerprint density at radius 1 is 1.08 bits per heavy atom. The molecule has 0 heterocycles. The van der Waals surface area contributed by atoms with Crippen molar-refractivity contribution in [2.24, 2.45) is 11.7 Å². The van der Waals surface area contributed by atoms with E-state index in [1.807, 2.05) is 0 Å². The summed E-state index contributed by atoms with van der Waals surface area (Å²) < 4.78 is 5.67. The van der Waals surface area contributed by atoms with Gasteiger partial charge in [-0.3, -0.25) is 9.59 Å². The fraction of sp³-hybridized carbons (Fsp3) is 0.579. The van der Waals surface area contributed by atoms with Crippen molar-refractivity contribution >= 4 is 11.9 Å². The van der Waals surface area contributed by atoms with Gasteiger partial charge >= 0.3 is 5.97 Å². The molecule has 0 aliphatic carbocycles. The molecule has 0 aliphatic rings. The van der Waals surface area contributed by atoms with Crippen LogP contribution >= 0.6 is 0 Å². The Morgan fingerprint density at radius 2 is 1.71 bits per heavy atom. The largest absolute Gasteiger partial charge is 0.494 e. The van der Waals surface area contributed by atoms with Crippen molar-refractivity contribution < 1.29 is 19.4 Å². The summed E-state index contributed by atoms with van der Waals surface area (Å²) in [6.45, 7) is 5.14. The number of rotatable bonds is 12. The molecular formula is C19H29NO4. The first-order chi connectivity index (χ1) is 11.4. The van der Waals surface area contributed by atoms with Crippen molar-refractivity contribution in [3.8, 4) is 5.75 Å². The maximum absolute atomic E-state index is 11.2. The summed E-state index contributed by atoms with van der Waals surface area (Å²) in [5, 5.41) is 9.18. The Morgan fingerprint density at radius 3 is 2.25 bits per heavy atom. The molecule has 24 heavy (non-hydrogen) atoms. The predicted molar refractivity (Wildman–Crippen MR) is 94.0 cm³/mol. The number of aliphatic carboxylic acids is 1. The molecule has 0 bridgehead atoms. The highest BCUT2D eigenvalue weighted by Crippen LogP contribution is 2.23. The van der Waals surface area contributed by atoms with Gasteiger partial charge in [0.15, 0.2) is 0 Å². The molecule has 1 unspecified atom stereocenters. The molecule has 3 N–H and O–H groups in total. The Labute approximate surface area is 144 Å². The third-order valence-corrected chi connectivity index (χ3v) is 3.93. The molecule has 0 saturated heterocycles. The van der Waals surface area contributed by atoms with E-state index in [2.05, 4.69) is 13.8 Å². The lowest BCUT2D eigenvalue weighted by atomic mass is 9.95. The van der Waals surface area contributed by atoms with Gasteiger partial charge in [0, 0.05) is 6.42 Å². The van der Waals surface area contributed by atoms with Crippen LogP contribution in [-0.4, -0.2) is 23.6 Å². The first kappa shape index (κ1) is 20.0. The number of benzene rings is 1. The zero-order valence-electron chi connectivity index (χ0n) is 14.7. The molecule has 0 spiro atoms. The van der Waals surface area contributed by atoms with Gasteiger partial charge in [0.05, 0.1) is 12.5 Å². The highest BCUT2D eigenvalue weighted by Gasteiger charge is 2.22. The topological polar surface area (TPSA) is 89.6 Å². The molecule has 1 rings (SSSR count). The second-order valence-electron chi connectivity index (χ2n) is 6.58. The number of carboxylic acids is 1. The predicted octanol–water partition coefficient (Wildman–Crippen LogP) is 3.72. The normalized spacial score (nSPS) is 12.1. The van der Waals surface area contributed by atoms with E-state index >= 15 is 0 Å². The molecule has 1 aromatic carbocycles. The van der Waals surface area contributed by atoms with Gasteiger partial charge < -0.3 is 15.6 Å². The second-order valence-corrected chi connectivity index (χ2v) is 6.58. The minimum Gasteiger partial charge on any atom is -0.494 e. The minimum absolute atomic E-state index is 0.202. The average Bonchev–Trinajstić information content (AvgIpc) is 2.51. The molecule has 0 saturated carbocycles. The van der Waals surface area contributed by atoms with Crippen molar-refractivity contribution in [2.75, 3.05) is 6.61 Å². The van der Waals surface area contributed by atoms with Crippen molar-refractivity contribution in [3.63, 3.8) is 0 Å². The summed E-state index contributed by atoms with van der Waals surface area (Å²) in [4.78, 5) is 22.2. The van der Waals surface area contributed by atoms with Gasteiger partial charge in [0.1, 0.15) is 5.75 Å². The molecule has 134 valence electrons. The minimum atomic E-state index is -1.05. The summed E-state index contributed by atoms with van der Waals surface area (Å²) in [5.74, 6) is -1.10. The number of amides is 1. The average molecular weight is 335 g/mol. The van der Waals surface area contributed by atoms with Crippen LogP contribution in [0, 0.1) is 5.92 Å². The van der Waals surface area contributed by atoms with Gasteiger partial charge in [-0.1, -0.05) is 51.7 Å². The van der Waals surface area contributed by atoms with Crippen molar-refractivity contribution in [1.82, 2.24) is 0 Å². The quantitative estimate of drug-likeness (QED) is 0.570. The number of carboxylic acid groups (broad SMARTS) is 1. The first-order valence-electron chi connectivity index (χ1n) is 8.64. The van der Waals surface area contributed by atoms with Crippen molar-refractivity contribution in [3.05, 3.63) is 29.8 Å². The summed E-state index contributed by atoms with van der Waals surface area (Å²) in [6, 6.07) is 6.84. The number of ether oxygens (including phenoxy) is 1. The Hall–Kier alpha value is -2.04. The van der Waals surface area contributed by atoms with Crippen LogP contribution in [0.3, 0.4) is 0 Å². The smallest absolute Gasteiger partial charge is 0.311 e. The van der Waals surface area contributed by atoms with Crippen LogP contribution in [0.5, 0.6) is 5.75 Å². The van der Waals surface area contributed by atoms with Gasteiger partial charge in [-0.15, -0.1) is 0 Å². The highest BCUT2D eigenvalue weighted by molar-refractivity contribution is 5.84. The molecule has 5 heteroatoms. The third-order valence-electron chi connectivity index (χ3n) is 3.93. The number of carbonyl (C=O) groups is 2. The molecule has 0 aromatic heterocycles. The van der Waals surface area contributed by atoms with Gasteiger partial charge in [-0.25, -0.2) is 0 Å². The van der Waals surface area contributed by atoms with E-state index in [-0.39, 0.29) is 6.42 Å². The van der Waals surface area contributed by atoms with Gasteiger partial charge in [0.25, 0.3) is 0 Å². The SMILES string of the molecule is CC(C)CCCCCCOc1ccc(C(CC(N)=O)C(=O)O)cc1. The van der Waals surface area contributed by atoms with E-state index in [0.29, 0.717) is 17.9 Å². The van der Waals surface area contributed by atoms with E-state index < -0.39 is 17.8 Å². The molecule has 0 aliphatic heterocycles. The Bertz CT molecular complexity index is 511. The van der Waals surface area contributed by atoms with Gasteiger partial charge in [0.2, 0.25) is 5.91 Å². The monoisotopic (exact) mass is 335 g/mol. The van der Waals surface area contributed by atoms with Gasteiger partial charge in [-0.2, -0.15) is 0 Å². The molecule has 1 aromatic rings. The molecule has 1 amide bonds. The lowest BCUT2D eigenvalue weighted by Gasteiger charge is -2.12. The zero-order chi connectivity index (χ0) is 17.9. The van der Waals surface area contributed by atoms with Crippen LogP contribution < -0.4 is 10.5 Å². The van der Waals surface area contributed by atoms with Crippen molar-refractivity contribution in [1.29, 1.82) is 0 Å². The molecule has 0 fully saturated rings. The zero-order valence-corrected chi connectivity index (χ0v) is 14.7. The van der Waals surface area contributed by atoms with E-state index in [9.17, 15) is 14.7 Å². The van der Waals surface area contributed by atoms with Crippen LogP contribution in [0.15, 0.2) is 24.3 Å². The third kappa shape index (κ3) is 7.99. The number of nitrogens with two attached hydrogens (primary N) is 1. The van der Waals surface area contributed by atoms with Crippen LogP contribution in [-0.2, 0) is 9.59 Å². The van der Waals surface area contributed by atoms with E-state index in [4.69, 9.17) is 10.5 Å². The fourth-order valence-electron chi connectivity index (χ4n) is 2.54. The highest BCUT2D eigenvalue weighted by atomic mass is 16.5. The molecular weight excluding hydrogens is 306 g/mol. The number of hydrogen-bond donors (Lipinski definition) is 2. The van der Waals surface area contributed by atoms with Crippen LogP contribution in [0.1, 0.15) is 63.9 Å². The lowest BCUT2D eigenvalue weighted by Crippen LogP contribution is -2.20. The van der Waals surface area contributed by atoms with E-state index in [1.54, 1.807) is 24.3 Å². The molecule has 5 nitrogen and oxygen atoms in total. The lowest BCUT2D eigenvalue weighted by molar-refractivity contribution is -0.140. The van der Waals surface area contributed by atoms with Crippen LogP contribution in [0.2, 0.25) is 0 Å². The molecule has 1 atom stereocenters. The maximum Gasteiger partial charge on any atom is 0.311 e. The van der Waals surface area contributed by atoms with Crippen LogP contribution in [0.25, 0.3) is 0 Å². The summed E-state index contributed by atoms with van der Waals surface area (Å²) >= 11 is 0. The number of unbranched alkanes of at least 4 members (excludes halogenated alkanes) is 3. The Kier molecular flexibility index (Phi) is 8.90. The number of primary amides is 1. The summed E-state index contributed by atoms with van der Waals surface area (Å²) in [7, 11) is 0. The number of carbonyl (C=O) groups excluding carboxylic acids is 1. The summed E-state index contributed by atoms with van der Waals surface area (Å²) in [5.41, 5.74) is 5.66. The fourth-order valence-corrected chi connectivity index (χ4v) is 2.54. The first-order valence-corrected chi connectivity index (χ1v) is 8.64. The van der Waals surface area contributed by atoms with Crippen LogP contribution in [0.4, 0.5) is 0 Å². The summed E-state index contributed by atoms with van der Waals surface area (Å²) in [6.07, 6.45) is 5.74. The maximum atomic E-state index is 11.2. The Balaban J connectivity index is 2.36. The number of hydrogen-bond acceptors (Lipinski definition) is 3.